The van der Waals surface area contributed by atoms with E-state index >= 15 is 0 Å². The lowest BCUT2D eigenvalue weighted by Gasteiger charge is -2.21. The standard InChI is InChI=1S/C24H29FN6O.HI/c1-3-26-24(28-14-13-27-23(32)15-18-9-11-20(25)12-10-18)31(2)17-22-29-16-21(30-22)19-7-5-4-6-8-19;/h4-12,16H,3,13-15,17H2,1-2H3,(H,26,28)(H,27,32)(H,29,30);1H. The van der Waals surface area contributed by atoms with E-state index in [0.717, 1.165) is 35.1 Å². The van der Waals surface area contributed by atoms with Gasteiger partial charge in [-0.05, 0) is 30.2 Å². The van der Waals surface area contributed by atoms with Gasteiger partial charge in [0.15, 0.2) is 5.96 Å². The van der Waals surface area contributed by atoms with E-state index in [9.17, 15) is 9.18 Å². The number of halogens is 2. The van der Waals surface area contributed by atoms with Gasteiger partial charge < -0.3 is 20.5 Å². The predicted molar refractivity (Wildman–Crippen MR) is 140 cm³/mol. The van der Waals surface area contributed by atoms with Crippen molar-refractivity contribution in [3.63, 3.8) is 0 Å². The molecule has 7 nitrogen and oxygen atoms in total. The van der Waals surface area contributed by atoms with Gasteiger partial charge in [-0.25, -0.2) is 9.37 Å². The maximum absolute atomic E-state index is 13.0. The molecule has 3 N–H and O–H groups in total. The van der Waals surface area contributed by atoms with Gasteiger partial charge in [0.2, 0.25) is 5.91 Å². The van der Waals surface area contributed by atoms with Crippen LogP contribution in [0.3, 0.4) is 0 Å². The SMILES string of the molecule is CCNC(=NCCNC(=O)Cc1ccc(F)cc1)N(C)Cc1ncc(-c2ccccc2)[nH]1.I. The zero-order valence-electron chi connectivity index (χ0n) is 18.8. The molecule has 33 heavy (non-hydrogen) atoms. The van der Waals surface area contributed by atoms with E-state index in [-0.39, 0.29) is 42.1 Å². The van der Waals surface area contributed by atoms with Gasteiger partial charge in [0, 0.05) is 20.1 Å². The van der Waals surface area contributed by atoms with Gasteiger partial charge in [-0.1, -0.05) is 42.5 Å². The van der Waals surface area contributed by atoms with Crippen LogP contribution in [-0.2, 0) is 17.8 Å². The molecule has 0 saturated carbocycles. The smallest absolute Gasteiger partial charge is 0.224 e. The van der Waals surface area contributed by atoms with Crippen LogP contribution in [0.1, 0.15) is 18.3 Å². The number of aliphatic imine (C=N–C) groups is 1. The molecule has 0 spiro atoms. The second-order valence-corrected chi connectivity index (χ2v) is 7.35. The summed E-state index contributed by atoms with van der Waals surface area (Å²) in [6.45, 7) is 4.16. The lowest BCUT2D eigenvalue weighted by atomic mass is 10.1. The van der Waals surface area contributed by atoms with E-state index in [1.807, 2.05) is 55.4 Å². The number of amides is 1. The topological polar surface area (TPSA) is 85.4 Å². The zero-order chi connectivity index (χ0) is 22.8. The Morgan fingerprint density at radius 3 is 2.55 bits per heavy atom. The molecule has 0 unspecified atom stereocenters. The molecule has 0 fully saturated rings. The first-order valence-electron chi connectivity index (χ1n) is 10.6. The van der Waals surface area contributed by atoms with Crippen molar-refractivity contribution in [3.05, 3.63) is 78.0 Å². The number of benzene rings is 2. The second kappa shape index (κ2) is 13.6. The van der Waals surface area contributed by atoms with Crippen LogP contribution in [0.4, 0.5) is 4.39 Å². The number of carbonyl (C=O) groups excluding carboxylic acids is 1. The maximum atomic E-state index is 13.0. The third-order valence-electron chi connectivity index (χ3n) is 4.77. The Morgan fingerprint density at radius 1 is 1.12 bits per heavy atom. The Balaban J connectivity index is 0.00000385. The summed E-state index contributed by atoms with van der Waals surface area (Å²) in [5, 5.41) is 6.11. The van der Waals surface area contributed by atoms with Crippen LogP contribution in [0.2, 0.25) is 0 Å². The summed E-state index contributed by atoms with van der Waals surface area (Å²) >= 11 is 0. The summed E-state index contributed by atoms with van der Waals surface area (Å²) < 4.78 is 13.0. The Labute approximate surface area is 210 Å². The Kier molecular flexibility index (Phi) is 10.8. The van der Waals surface area contributed by atoms with Crippen molar-refractivity contribution in [3.8, 4) is 11.3 Å². The van der Waals surface area contributed by atoms with Gasteiger partial charge in [0.1, 0.15) is 11.6 Å². The molecule has 0 atom stereocenters. The number of aromatic nitrogens is 2. The predicted octanol–water partition coefficient (Wildman–Crippen LogP) is 3.59. The minimum atomic E-state index is -0.311. The lowest BCUT2D eigenvalue weighted by Crippen LogP contribution is -2.39. The molecule has 3 rings (SSSR count). The highest BCUT2D eigenvalue weighted by atomic mass is 127. The first-order valence-corrected chi connectivity index (χ1v) is 10.6. The van der Waals surface area contributed by atoms with Crippen LogP contribution >= 0.6 is 24.0 Å². The quantitative estimate of drug-likeness (QED) is 0.161. The number of aromatic amines is 1. The molecule has 1 heterocycles. The zero-order valence-corrected chi connectivity index (χ0v) is 21.2. The van der Waals surface area contributed by atoms with Gasteiger partial charge in [-0.3, -0.25) is 9.79 Å². The maximum Gasteiger partial charge on any atom is 0.224 e. The summed E-state index contributed by atoms with van der Waals surface area (Å²) in [6, 6.07) is 16.0. The number of guanidine groups is 1. The molecule has 0 radical (unpaired) electrons. The largest absolute Gasteiger partial charge is 0.357 e. The van der Waals surface area contributed by atoms with Gasteiger partial charge in [-0.2, -0.15) is 0 Å². The molecule has 0 saturated heterocycles. The normalized spacial score (nSPS) is 10.9. The monoisotopic (exact) mass is 564 g/mol. The van der Waals surface area contributed by atoms with Crippen molar-refractivity contribution >= 4 is 35.8 Å². The Hall–Kier alpha value is -2.95. The Bertz CT molecular complexity index is 1020. The van der Waals surface area contributed by atoms with E-state index in [1.54, 1.807) is 12.1 Å². The molecular formula is C24H30FIN6O. The summed E-state index contributed by atoms with van der Waals surface area (Å²) in [5.74, 6) is 1.14. The summed E-state index contributed by atoms with van der Waals surface area (Å²) in [4.78, 5) is 26.5. The number of H-pyrrole nitrogens is 1. The van der Waals surface area contributed by atoms with E-state index in [0.29, 0.717) is 19.6 Å². The summed E-state index contributed by atoms with van der Waals surface area (Å²) in [5.41, 5.74) is 2.83. The fraction of sp³-hybridized carbons (Fsp3) is 0.292. The van der Waals surface area contributed by atoms with Crippen molar-refractivity contribution in [1.82, 2.24) is 25.5 Å². The molecule has 1 amide bonds. The first-order chi connectivity index (χ1) is 15.5. The molecule has 1 aromatic heterocycles. The van der Waals surface area contributed by atoms with Crippen LogP contribution in [0.15, 0.2) is 65.8 Å². The molecular weight excluding hydrogens is 534 g/mol. The average molecular weight is 564 g/mol. The van der Waals surface area contributed by atoms with Crippen LogP contribution in [0.25, 0.3) is 11.3 Å². The molecule has 2 aromatic carbocycles. The second-order valence-electron chi connectivity index (χ2n) is 7.35. The number of nitrogens with zero attached hydrogens (tertiary/aromatic N) is 3. The first kappa shape index (κ1) is 26.3. The summed E-state index contributed by atoms with van der Waals surface area (Å²) in [7, 11) is 1.94. The number of hydrogen-bond donors (Lipinski definition) is 3. The molecule has 3 aromatic rings. The molecule has 0 bridgehead atoms. The number of hydrogen-bond acceptors (Lipinski definition) is 3. The highest BCUT2D eigenvalue weighted by Gasteiger charge is 2.10. The van der Waals surface area contributed by atoms with Crippen LogP contribution in [-0.4, -0.2) is 53.4 Å². The average Bonchev–Trinajstić information content (AvgIpc) is 3.26. The van der Waals surface area contributed by atoms with Gasteiger partial charge in [0.25, 0.3) is 0 Å². The number of carbonyl (C=O) groups is 1. The lowest BCUT2D eigenvalue weighted by molar-refractivity contribution is -0.120. The molecule has 0 aliphatic heterocycles. The van der Waals surface area contributed by atoms with E-state index < -0.39 is 0 Å². The highest BCUT2D eigenvalue weighted by Crippen LogP contribution is 2.16. The fourth-order valence-corrected chi connectivity index (χ4v) is 3.18. The van der Waals surface area contributed by atoms with Crippen molar-refractivity contribution in [2.45, 2.75) is 19.9 Å². The fourth-order valence-electron chi connectivity index (χ4n) is 3.18. The third kappa shape index (κ3) is 8.49. The number of rotatable bonds is 9. The van der Waals surface area contributed by atoms with Crippen molar-refractivity contribution in [2.75, 3.05) is 26.7 Å². The minimum absolute atomic E-state index is 0. The summed E-state index contributed by atoms with van der Waals surface area (Å²) in [6.07, 6.45) is 2.05. The van der Waals surface area contributed by atoms with E-state index in [2.05, 4.69) is 25.6 Å². The minimum Gasteiger partial charge on any atom is -0.357 e. The van der Waals surface area contributed by atoms with Gasteiger partial charge in [-0.15, -0.1) is 24.0 Å². The van der Waals surface area contributed by atoms with E-state index in [1.165, 1.54) is 12.1 Å². The number of nitrogens with one attached hydrogen (secondary N) is 3. The van der Waals surface area contributed by atoms with Crippen molar-refractivity contribution in [2.24, 2.45) is 4.99 Å². The third-order valence-corrected chi connectivity index (χ3v) is 4.77. The molecule has 176 valence electrons. The molecule has 9 heteroatoms. The van der Waals surface area contributed by atoms with E-state index in [4.69, 9.17) is 0 Å². The van der Waals surface area contributed by atoms with Crippen LogP contribution in [0.5, 0.6) is 0 Å². The Morgan fingerprint density at radius 2 is 1.85 bits per heavy atom. The van der Waals surface area contributed by atoms with Gasteiger partial charge in [0.05, 0.1) is 31.4 Å². The van der Waals surface area contributed by atoms with Crippen molar-refractivity contribution in [1.29, 1.82) is 0 Å². The van der Waals surface area contributed by atoms with Crippen LogP contribution in [0, 0.1) is 5.82 Å². The number of imidazole rings is 1. The van der Waals surface area contributed by atoms with Crippen LogP contribution < -0.4 is 10.6 Å². The molecule has 0 aliphatic carbocycles. The molecule has 0 aliphatic rings. The highest BCUT2D eigenvalue weighted by molar-refractivity contribution is 14.0. The van der Waals surface area contributed by atoms with Gasteiger partial charge >= 0.3 is 0 Å². The van der Waals surface area contributed by atoms with Crippen molar-refractivity contribution < 1.29 is 9.18 Å².